The van der Waals surface area contributed by atoms with Crippen molar-refractivity contribution in [3.8, 4) is 0 Å². The van der Waals surface area contributed by atoms with Gasteiger partial charge in [-0.15, -0.1) is 0 Å². The fourth-order valence-corrected chi connectivity index (χ4v) is 4.21. The van der Waals surface area contributed by atoms with E-state index in [-0.39, 0.29) is 5.91 Å². The Bertz CT molecular complexity index is 965. The van der Waals surface area contributed by atoms with E-state index in [0.29, 0.717) is 28.5 Å². The van der Waals surface area contributed by atoms with Crippen molar-refractivity contribution >= 4 is 55.0 Å². The molecule has 0 atom stereocenters. The molecule has 3 aromatic rings. The zero-order chi connectivity index (χ0) is 17.1. The summed E-state index contributed by atoms with van der Waals surface area (Å²) in [5.74, 6) is -0.295. The first-order valence-corrected chi connectivity index (χ1v) is 9.21. The number of aromatic nitrogens is 1. The topological polar surface area (TPSA) is 43.6 Å². The van der Waals surface area contributed by atoms with Crippen LogP contribution in [0.25, 0.3) is 10.2 Å². The van der Waals surface area contributed by atoms with E-state index in [9.17, 15) is 4.79 Å². The Morgan fingerprint density at radius 2 is 2.08 bits per heavy atom. The van der Waals surface area contributed by atoms with Gasteiger partial charge in [0, 0.05) is 18.1 Å². The minimum absolute atomic E-state index is 0.295. The molecule has 0 radical (unpaired) electrons. The Morgan fingerprint density at radius 1 is 1.29 bits per heavy atom. The lowest BCUT2D eigenvalue weighted by Crippen LogP contribution is -2.19. The average Bonchev–Trinajstić information content (AvgIpc) is 2.91. The van der Waals surface area contributed by atoms with Crippen molar-refractivity contribution in [2.45, 2.75) is 6.54 Å². The molecular formula is C17H14BrClN2O2S. The monoisotopic (exact) mass is 424 g/mol. The number of methoxy groups -OCH3 is 1. The van der Waals surface area contributed by atoms with Gasteiger partial charge in [0.25, 0.3) is 5.91 Å². The molecule has 2 aromatic carbocycles. The number of benzene rings is 2. The Morgan fingerprint density at radius 3 is 2.83 bits per heavy atom. The van der Waals surface area contributed by atoms with Gasteiger partial charge in [0.05, 0.1) is 27.4 Å². The molecule has 0 aliphatic rings. The first kappa shape index (κ1) is 17.4. The van der Waals surface area contributed by atoms with Gasteiger partial charge in [-0.1, -0.05) is 41.1 Å². The number of carbonyl (C=O) groups is 1. The molecule has 0 bridgehead atoms. The highest BCUT2D eigenvalue weighted by Gasteiger charge is 2.12. The SMILES string of the molecule is COCCn1c(=NC(=O)c2ccccc2Br)sc2cccc(Cl)c21. The number of hydrogen-bond donors (Lipinski definition) is 0. The van der Waals surface area contributed by atoms with E-state index in [4.69, 9.17) is 16.3 Å². The quantitative estimate of drug-likeness (QED) is 0.617. The number of amides is 1. The van der Waals surface area contributed by atoms with Gasteiger partial charge in [-0.25, -0.2) is 0 Å². The van der Waals surface area contributed by atoms with E-state index in [1.165, 1.54) is 11.3 Å². The third kappa shape index (κ3) is 3.47. The second-order valence-corrected chi connectivity index (χ2v) is 7.28. The molecule has 0 spiro atoms. The molecule has 1 heterocycles. The van der Waals surface area contributed by atoms with Crippen LogP contribution < -0.4 is 4.80 Å². The van der Waals surface area contributed by atoms with Gasteiger partial charge >= 0.3 is 0 Å². The second kappa shape index (κ2) is 7.61. The molecule has 24 heavy (non-hydrogen) atoms. The fraction of sp³-hybridized carbons (Fsp3) is 0.176. The number of thiazole rings is 1. The van der Waals surface area contributed by atoms with Crippen molar-refractivity contribution < 1.29 is 9.53 Å². The largest absolute Gasteiger partial charge is 0.383 e. The summed E-state index contributed by atoms with van der Waals surface area (Å²) in [7, 11) is 1.64. The van der Waals surface area contributed by atoms with Crippen molar-refractivity contribution in [1.82, 2.24) is 4.57 Å². The molecule has 0 N–H and O–H groups in total. The molecule has 0 saturated heterocycles. The number of para-hydroxylation sites is 1. The van der Waals surface area contributed by atoms with Crippen LogP contribution >= 0.6 is 38.9 Å². The molecule has 0 fully saturated rings. The van der Waals surface area contributed by atoms with Crippen molar-refractivity contribution in [2.75, 3.05) is 13.7 Å². The van der Waals surface area contributed by atoms with Gasteiger partial charge < -0.3 is 9.30 Å². The third-order valence-electron chi connectivity index (χ3n) is 3.47. The zero-order valence-electron chi connectivity index (χ0n) is 12.8. The number of ether oxygens (including phenoxy) is 1. The summed E-state index contributed by atoms with van der Waals surface area (Å²) >= 11 is 11.2. The fourth-order valence-electron chi connectivity index (χ4n) is 2.34. The number of carbonyl (C=O) groups excluding carboxylic acids is 1. The van der Waals surface area contributed by atoms with Gasteiger partial charge in [-0.05, 0) is 40.2 Å². The normalized spacial score (nSPS) is 12.0. The van der Waals surface area contributed by atoms with Crippen LogP contribution in [0.1, 0.15) is 10.4 Å². The highest BCUT2D eigenvalue weighted by atomic mass is 79.9. The lowest BCUT2D eigenvalue weighted by atomic mass is 10.2. The summed E-state index contributed by atoms with van der Waals surface area (Å²) in [5.41, 5.74) is 1.40. The van der Waals surface area contributed by atoms with Crippen LogP contribution in [-0.4, -0.2) is 24.2 Å². The second-order valence-electron chi connectivity index (χ2n) is 5.01. The van der Waals surface area contributed by atoms with Crippen molar-refractivity contribution in [1.29, 1.82) is 0 Å². The van der Waals surface area contributed by atoms with Gasteiger partial charge in [-0.3, -0.25) is 4.79 Å². The predicted octanol–water partition coefficient (Wildman–Crippen LogP) is 4.51. The van der Waals surface area contributed by atoms with E-state index >= 15 is 0 Å². The Kier molecular flexibility index (Phi) is 5.50. The van der Waals surface area contributed by atoms with Gasteiger partial charge in [-0.2, -0.15) is 4.99 Å². The molecule has 0 aliphatic heterocycles. The standard InChI is InChI=1S/C17H14BrClN2O2S/c1-23-10-9-21-15-13(19)7-4-8-14(15)24-17(21)20-16(22)11-5-2-3-6-12(11)18/h2-8H,9-10H2,1H3. The van der Waals surface area contributed by atoms with E-state index < -0.39 is 0 Å². The molecule has 0 saturated carbocycles. The van der Waals surface area contributed by atoms with E-state index in [1.807, 2.05) is 41.0 Å². The number of hydrogen-bond acceptors (Lipinski definition) is 3. The molecule has 0 unspecified atom stereocenters. The molecule has 7 heteroatoms. The van der Waals surface area contributed by atoms with Crippen molar-refractivity contribution in [3.63, 3.8) is 0 Å². The van der Waals surface area contributed by atoms with Gasteiger partial charge in [0.15, 0.2) is 4.80 Å². The molecule has 3 rings (SSSR count). The Labute approximate surface area is 156 Å². The van der Waals surface area contributed by atoms with Crippen LogP contribution in [-0.2, 0) is 11.3 Å². The summed E-state index contributed by atoms with van der Waals surface area (Å²) in [6, 6.07) is 12.9. The molecule has 0 aliphatic carbocycles. The highest BCUT2D eigenvalue weighted by molar-refractivity contribution is 9.10. The highest BCUT2D eigenvalue weighted by Crippen LogP contribution is 2.25. The molecule has 4 nitrogen and oxygen atoms in total. The summed E-state index contributed by atoms with van der Waals surface area (Å²) < 4.78 is 8.81. The summed E-state index contributed by atoms with van der Waals surface area (Å²) in [6.45, 7) is 1.08. The number of halogens is 2. The first-order chi connectivity index (χ1) is 11.6. The van der Waals surface area contributed by atoms with E-state index in [0.717, 1.165) is 14.7 Å². The summed E-state index contributed by atoms with van der Waals surface area (Å²) in [5, 5.41) is 0.634. The van der Waals surface area contributed by atoms with E-state index in [2.05, 4.69) is 20.9 Å². The van der Waals surface area contributed by atoms with Crippen LogP contribution in [0.3, 0.4) is 0 Å². The maximum atomic E-state index is 12.6. The molecule has 1 amide bonds. The lowest BCUT2D eigenvalue weighted by molar-refractivity contribution is 0.0996. The van der Waals surface area contributed by atoms with Crippen LogP contribution in [0, 0.1) is 0 Å². The van der Waals surface area contributed by atoms with Crippen LogP contribution in [0.5, 0.6) is 0 Å². The Balaban J connectivity index is 2.16. The maximum absolute atomic E-state index is 12.6. The number of nitrogens with zero attached hydrogens (tertiary/aromatic N) is 2. The van der Waals surface area contributed by atoms with Crippen LogP contribution in [0.4, 0.5) is 0 Å². The van der Waals surface area contributed by atoms with Crippen molar-refractivity contribution in [2.24, 2.45) is 4.99 Å². The third-order valence-corrected chi connectivity index (χ3v) is 5.51. The average molecular weight is 426 g/mol. The molecular weight excluding hydrogens is 412 g/mol. The number of rotatable bonds is 4. The lowest BCUT2D eigenvalue weighted by Gasteiger charge is -2.05. The summed E-state index contributed by atoms with van der Waals surface area (Å²) in [4.78, 5) is 17.5. The minimum Gasteiger partial charge on any atom is -0.383 e. The van der Waals surface area contributed by atoms with Crippen LogP contribution in [0.2, 0.25) is 5.02 Å². The minimum atomic E-state index is -0.295. The molecule has 1 aromatic heterocycles. The molecule has 124 valence electrons. The predicted molar refractivity (Wildman–Crippen MR) is 101 cm³/mol. The summed E-state index contributed by atoms with van der Waals surface area (Å²) in [6.07, 6.45) is 0. The van der Waals surface area contributed by atoms with E-state index in [1.54, 1.807) is 13.2 Å². The number of fused-ring (bicyclic) bond motifs is 1. The Hall–Kier alpha value is -1.47. The smallest absolute Gasteiger partial charge is 0.280 e. The zero-order valence-corrected chi connectivity index (χ0v) is 16.0. The van der Waals surface area contributed by atoms with Gasteiger partial charge in [0.2, 0.25) is 0 Å². The van der Waals surface area contributed by atoms with Crippen molar-refractivity contribution in [3.05, 3.63) is 62.3 Å². The van der Waals surface area contributed by atoms with Gasteiger partial charge in [0.1, 0.15) is 0 Å². The first-order valence-electron chi connectivity index (χ1n) is 7.22. The van der Waals surface area contributed by atoms with Crippen LogP contribution in [0.15, 0.2) is 51.9 Å². The maximum Gasteiger partial charge on any atom is 0.280 e.